The first-order valence-corrected chi connectivity index (χ1v) is 6.84. The lowest BCUT2D eigenvalue weighted by Crippen LogP contribution is -2.36. The third-order valence-electron chi connectivity index (χ3n) is 3.80. The molecule has 1 aromatic carbocycles. The van der Waals surface area contributed by atoms with E-state index in [0.29, 0.717) is 24.2 Å². The van der Waals surface area contributed by atoms with Gasteiger partial charge in [0.25, 0.3) is 0 Å². The van der Waals surface area contributed by atoms with Gasteiger partial charge in [0.1, 0.15) is 6.07 Å². The van der Waals surface area contributed by atoms with E-state index in [2.05, 4.69) is 10.2 Å². The average Bonchev–Trinajstić information content (AvgIpc) is 3.22. The topological polar surface area (TPSA) is 39.1 Å². The number of hydrogen-bond donors (Lipinski definition) is 1. The minimum absolute atomic E-state index is 0.0260. The van der Waals surface area contributed by atoms with Gasteiger partial charge in [0, 0.05) is 12.6 Å². The number of benzene rings is 1. The molecule has 0 spiro atoms. The van der Waals surface area contributed by atoms with Crippen LogP contribution in [0.25, 0.3) is 0 Å². The summed E-state index contributed by atoms with van der Waals surface area (Å²) in [6.45, 7) is 0.623. The molecule has 6 heteroatoms. The van der Waals surface area contributed by atoms with E-state index >= 15 is 0 Å². The minimum Gasteiger partial charge on any atom is -0.382 e. The van der Waals surface area contributed by atoms with Gasteiger partial charge in [-0.3, -0.25) is 0 Å². The molecule has 1 atom stereocenters. The lowest BCUT2D eigenvalue weighted by molar-refractivity contribution is -0.137. The summed E-state index contributed by atoms with van der Waals surface area (Å²) in [5, 5.41) is 12.2. The molecule has 0 radical (unpaired) electrons. The van der Waals surface area contributed by atoms with Crippen LogP contribution in [-0.2, 0) is 6.18 Å². The van der Waals surface area contributed by atoms with Crippen molar-refractivity contribution in [3.8, 4) is 6.07 Å². The average molecular weight is 297 g/mol. The maximum Gasteiger partial charge on any atom is 0.416 e. The van der Waals surface area contributed by atoms with Gasteiger partial charge in [-0.1, -0.05) is 0 Å². The normalized spacial score (nSPS) is 16.6. The molecule has 2 rings (SSSR count). The van der Waals surface area contributed by atoms with E-state index < -0.39 is 11.7 Å². The Morgan fingerprint density at radius 1 is 1.38 bits per heavy atom. The highest BCUT2D eigenvalue weighted by atomic mass is 19.4. The first kappa shape index (κ1) is 15.6. The molecule has 1 aliphatic carbocycles. The number of rotatable bonds is 5. The van der Waals surface area contributed by atoms with Gasteiger partial charge in [-0.2, -0.15) is 18.4 Å². The third-order valence-corrected chi connectivity index (χ3v) is 3.80. The van der Waals surface area contributed by atoms with E-state index in [1.54, 1.807) is 0 Å². The van der Waals surface area contributed by atoms with Crippen LogP contribution in [0.15, 0.2) is 18.2 Å². The smallest absolute Gasteiger partial charge is 0.382 e. The van der Waals surface area contributed by atoms with Crippen molar-refractivity contribution in [2.75, 3.05) is 26.0 Å². The first-order valence-electron chi connectivity index (χ1n) is 6.84. The Morgan fingerprint density at radius 3 is 2.52 bits per heavy atom. The lowest BCUT2D eigenvalue weighted by Gasteiger charge is -2.25. The summed E-state index contributed by atoms with van der Waals surface area (Å²) in [5.74, 6) is 0.632. The molecule has 1 fully saturated rings. The van der Waals surface area contributed by atoms with E-state index in [0.717, 1.165) is 12.1 Å². The second-order valence-corrected chi connectivity index (χ2v) is 5.62. The van der Waals surface area contributed by atoms with Crippen molar-refractivity contribution in [3.63, 3.8) is 0 Å². The van der Waals surface area contributed by atoms with Crippen LogP contribution in [0.4, 0.5) is 18.9 Å². The number of alkyl halides is 3. The van der Waals surface area contributed by atoms with Crippen LogP contribution in [-0.4, -0.2) is 31.6 Å². The van der Waals surface area contributed by atoms with Crippen LogP contribution in [0, 0.1) is 17.2 Å². The summed E-state index contributed by atoms with van der Waals surface area (Å²) >= 11 is 0. The Morgan fingerprint density at radius 2 is 2.05 bits per heavy atom. The van der Waals surface area contributed by atoms with Crippen molar-refractivity contribution in [1.29, 1.82) is 5.26 Å². The van der Waals surface area contributed by atoms with Crippen molar-refractivity contribution >= 4 is 5.69 Å². The van der Waals surface area contributed by atoms with Gasteiger partial charge in [0.2, 0.25) is 0 Å². The van der Waals surface area contributed by atoms with Gasteiger partial charge in [0.05, 0.1) is 16.8 Å². The molecule has 1 aliphatic rings. The maximum atomic E-state index is 12.6. The molecule has 1 saturated carbocycles. The Balaban J connectivity index is 2.11. The standard InChI is InChI=1S/C15H18F3N3/c1-21(2)14(10-3-4-10)9-20-13-6-5-12(15(16,17)18)7-11(13)8-19/h5-7,10,14,20H,3-4,9H2,1-2H3. The van der Waals surface area contributed by atoms with Crippen LogP contribution in [0.2, 0.25) is 0 Å². The van der Waals surface area contributed by atoms with Crippen molar-refractivity contribution in [2.24, 2.45) is 5.92 Å². The predicted molar refractivity (Wildman–Crippen MR) is 74.8 cm³/mol. The van der Waals surface area contributed by atoms with Crippen molar-refractivity contribution < 1.29 is 13.2 Å². The van der Waals surface area contributed by atoms with Gasteiger partial charge < -0.3 is 10.2 Å². The molecule has 0 aromatic heterocycles. The molecule has 0 heterocycles. The van der Waals surface area contributed by atoms with Crippen LogP contribution < -0.4 is 5.32 Å². The molecular formula is C15H18F3N3. The van der Waals surface area contributed by atoms with Crippen molar-refractivity contribution in [1.82, 2.24) is 4.90 Å². The number of anilines is 1. The maximum absolute atomic E-state index is 12.6. The zero-order valence-corrected chi connectivity index (χ0v) is 12.0. The van der Waals surface area contributed by atoms with Gasteiger partial charge in [-0.15, -0.1) is 0 Å². The summed E-state index contributed by atoms with van der Waals surface area (Å²) in [7, 11) is 3.98. The second kappa shape index (κ2) is 5.94. The third kappa shape index (κ3) is 3.88. The molecule has 0 saturated heterocycles. The van der Waals surface area contributed by atoms with Crippen LogP contribution in [0.3, 0.4) is 0 Å². The van der Waals surface area contributed by atoms with Crippen LogP contribution in [0.5, 0.6) is 0 Å². The molecule has 0 amide bonds. The molecule has 1 unspecified atom stereocenters. The van der Waals surface area contributed by atoms with E-state index in [4.69, 9.17) is 5.26 Å². The molecule has 0 aliphatic heterocycles. The fourth-order valence-corrected chi connectivity index (χ4v) is 2.43. The monoisotopic (exact) mass is 297 g/mol. The lowest BCUT2D eigenvalue weighted by atomic mass is 10.1. The fraction of sp³-hybridized carbons (Fsp3) is 0.533. The Kier molecular flexibility index (Phi) is 4.43. The zero-order chi connectivity index (χ0) is 15.6. The van der Waals surface area contributed by atoms with Gasteiger partial charge >= 0.3 is 6.18 Å². The summed E-state index contributed by atoms with van der Waals surface area (Å²) in [6.07, 6.45) is -2.06. The fourth-order valence-electron chi connectivity index (χ4n) is 2.43. The SMILES string of the molecule is CN(C)C(CNc1ccc(C(F)(F)F)cc1C#N)C1CC1. The molecule has 1 N–H and O–H groups in total. The largest absolute Gasteiger partial charge is 0.416 e. The summed E-state index contributed by atoms with van der Waals surface area (Å²) in [6, 6.07) is 5.39. The highest BCUT2D eigenvalue weighted by molar-refractivity contribution is 5.59. The summed E-state index contributed by atoms with van der Waals surface area (Å²) < 4.78 is 37.9. The molecule has 114 valence electrons. The predicted octanol–water partition coefficient (Wildman–Crippen LogP) is 3.33. The Labute approximate surface area is 122 Å². The number of likely N-dealkylation sites (N-methyl/N-ethyl adjacent to an activating group) is 1. The van der Waals surface area contributed by atoms with Gasteiger partial charge in [0.15, 0.2) is 0 Å². The highest BCUT2D eigenvalue weighted by Crippen LogP contribution is 2.35. The van der Waals surface area contributed by atoms with Gasteiger partial charge in [-0.25, -0.2) is 0 Å². The van der Waals surface area contributed by atoms with Crippen LogP contribution >= 0.6 is 0 Å². The number of nitriles is 1. The Hall–Kier alpha value is -1.74. The van der Waals surface area contributed by atoms with E-state index in [9.17, 15) is 13.2 Å². The molecular weight excluding hydrogens is 279 g/mol. The number of halogens is 3. The number of nitrogens with zero attached hydrogens (tertiary/aromatic N) is 2. The van der Waals surface area contributed by atoms with Crippen LogP contribution in [0.1, 0.15) is 24.0 Å². The van der Waals surface area contributed by atoms with E-state index in [1.807, 2.05) is 20.2 Å². The molecule has 21 heavy (non-hydrogen) atoms. The quantitative estimate of drug-likeness (QED) is 0.906. The van der Waals surface area contributed by atoms with E-state index in [-0.39, 0.29) is 5.56 Å². The van der Waals surface area contributed by atoms with Gasteiger partial charge in [-0.05, 0) is 51.1 Å². The number of hydrogen-bond acceptors (Lipinski definition) is 3. The molecule has 0 bridgehead atoms. The first-order chi connectivity index (χ1) is 9.82. The summed E-state index contributed by atoms with van der Waals surface area (Å²) in [5.41, 5.74) is -0.313. The second-order valence-electron chi connectivity index (χ2n) is 5.62. The Bertz CT molecular complexity index is 540. The summed E-state index contributed by atoms with van der Waals surface area (Å²) in [4.78, 5) is 2.11. The number of nitrogens with one attached hydrogen (secondary N) is 1. The molecule has 3 nitrogen and oxygen atoms in total. The van der Waals surface area contributed by atoms with E-state index in [1.165, 1.54) is 18.9 Å². The van der Waals surface area contributed by atoms with Crippen molar-refractivity contribution in [2.45, 2.75) is 25.1 Å². The minimum atomic E-state index is -4.43. The zero-order valence-electron chi connectivity index (χ0n) is 12.0. The van der Waals surface area contributed by atoms with Crippen molar-refractivity contribution in [3.05, 3.63) is 29.3 Å². The highest BCUT2D eigenvalue weighted by Gasteiger charge is 2.33. The molecule has 1 aromatic rings.